The first-order chi connectivity index (χ1) is 49.7. The van der Waals surface area contributed by atoms with Crippen molar-refractivity contribution < 1.29 is 77.0 Å². The number of amides is 13. The number of allylic oxidation sites excluding steroid dienone is 1. The lowest BCUT2D eigenvalue weighted by Crippen LogP contribution is -2.64. The number of nitrogens with zero attached hydrogens (tertiary/aromatic N) is 2. The van der Waals surface area contributed by atoms with E-state index in [2.05, 4.69) is 58.5 Å². The maximum absolute atomic E-state index is 15.1. The molecule has 17 atom stereocenters. The van der Waals surface area contributed by atoms with Gasteiger partial charge < -0.3 is 83.9 Å². The minimum absolute atomic E-state index is 0.0112. The summed E-state index contributed by atoms with van der Waals surface area (Å²) in [6, 6.07) is -7.53. The Morgan fingerprint density at radius 2 is 1.18 bits per heavy atom. The van der Waals surface area contributed by atoms with Crippen LogP contribution in [0, 0.1) is 47.3 Å². The minimum Gasteiger partial charge on any atom is -0.458 e. The normalized spacial score (nSPS) is 22.8. The number of aliphatic hydroxyl groups excluding tert-OH is 1. The largest absolute Gasteiger partial charge is 0.458 e. The van der Waals surface area contributed by atoms with Crippen LogP contribution in [-0.4, -0.2) is 203 Å². The van der Waals surface area contributed by atoms with Gasteiger partial charge >= 0.3 is 5.97 Å². The van der Waals surface area contributed by atoms with E-state index in [-0.39, 0.29) is 69.1 Å². The molecule has 0 spiro atoms. The van der Waals surface area contributed by atoms with Crippen LogP contribution in [0.3, 0.4) is 0 Å². The number of hydrogen-bond acceptors (Lipinski definition) is 17. The van der Waals surface area contributed by atoms with Gasteiger partial charge in [0.1, 0.15) is 84.3 Å². The van der Waals surface area contributed by atoms with E-state index < -0.39 is 203 Å². The molecule has 0 aromatic heterocycles. The summed E-state index contributed by atoms with van der Waals surface area (Å²) in [6.45, 7) is 31.8. The molecule has 596 valence electrons. The van der Waals surface area contributed by atoms with E-state index >= 15 is 9.59 Å². The maximum Gasteiger partial charge on any atom is 0.329 e. The lowest BCUT2D eigenvalue weighted by Gasteiger charge is -2.34. The fourth-order valence-corrected chi connectivity index (χ4v) is 12.3. The van der Waals surface area contributed by atoms with Gasteiger partial charge in [-0.3, -0.25) is 62.3 Å². The number of benzene rings is 1. The van der Waals surface area contributed by atoms with Crippen molar-refractivity contribution in [1.82, 2.24) is 68.3 Å². The zero-order chi connectivity index (χ0) is 80.3. The van der Waals surface area contributed by atoms with E-state index in [0.29, 0.717) is 24.8 Å². The van der Waals surface area contributed by atoms with Crippen LogP contribution >= 0.6 is 0 Å². The van der Waals surface area contributed by atoms with E-state index in [1.165, 1.54) is 43.7 Å². The lowest BCUT2D eigenvalue weighted by atomic mass is 9.95. The van der Waals surface area contributed by atoms with E-state index in [9.17, 15) is 62.6 Å². The number of cyclic esters (lactones) is 1. The number of likely N-dealkylation sites (tertiary alicyclic amines) is 1. The minimum atomic E-state index is -1.83. The standard InChI is InChI=1S/C76H126N14O16/c1-21-44(15)34-35-54(92)80-55(39(5)6)68(97)87-62(47(18)91)72(101)81-56(40(7)8)69(98)83-58(42(11)12)75(104)90-37-29-33-52(90)66(95)79-51(32-28-36-77)65(94)85-60(45(16)22-2)71(100)88-63-48(19)106-76(105)59(43(13)14)84-64(93)50(24-4)78-67(96)53(38-49-30-26-25-27-31-49)89(20)74(103)57(41(9)10)82-70(99)61(46(17)23-3)86-73(63)102/h24-27,30-31,39-48,51-53,55-63,91H,21-23,28-29,32-38,77H2,1-20H3,(H,78,96)(H,79,95)(H,80,92)(H,81,101)(H,82,99)(H,83,98)(H,84,93)(H,85,94)(H,86,102)(H,87,97)(H,88,100)/b50-24-/t44-,45+,46+,47+,48-,51-,52+,53-,55+,56-,57+,58+,59-,60+,61+,62-,63+/m0/s1. The smallest absolute Gasteiger partial charge is 0.329 e. The van der Waals surface area contributed by atoms with Crippen molar-refractivity contribution in [3.8, 4) is 0 Å². The van der Waals surface area contributed by atoms with Crippen molar-refractivity contribution >= 4 is 82.8 Å². The molecule has 3 rings (SSSR count). The number of nitrogens with one attached hydrogen (secondary N) is 11. The summed E-state index contributed by atoms with van der Waals surface area (Å²) in [7, 11) is 1.40. The molecule has 2 heterocycles. The van der Waals surface area contributed by atoms with Gasteiger partial charge in [-0.15, -0.1) is 0 Å². The van der Waals surface area contributed by atoms with Crippen molar-refractivity contribution in [2.75, 3.05) is 20.1 Å². The Morgan fingerprint density at radius 1 is 0.632 bits per heavy atom. The van der Waals surface area contributed by atoms with Crippen LogP contribution in [0.5, 0.6) is 0 Å². The molecule has 2 saturated heterocycles. The third-order valence-corrected chi connectivity index (χ3v) is 20.1. The van der Waals surface area contributed by atoms with Crippen LogP contribution in [0.2, 0.25) is 0 Å². The van der Waals surface area contributed by atoms with Gasteiger partial charge in [0.05, 0.1) is 6.10 Å². The van der Waals surface area contributed by atoms with Gasteiger partial charge in [-0.05, 0) is 112 Å². The van der Waals surface area contributed by atoms with Gasteiger partial charge in [0.25, 0.3) is 5.91 Å². The number of likely N-dealkylation sites (N-methyl/N-ethyl adjacent to an activating group) is 1. The number of aliphatic hydroxyl groups is 1. The monoisotopic (exact) mass is 1490 g/mol. The molecule has 1 aromatic rings. The van der Waals surface area contributed by atoms with E-state index in [4.69, 9.17) is 10.5 Å². The summed E-state index contributed by atoms with van der Waals surface area (Å²) in [5.74, 6) is -15.0. The Labute approximate surface area is 626 Å². The highest BCUT2D eigenvalue weighted by Crippen LogP contribution is 2.24. The molecule has 30 nitrogen and oxygen atoms in total. The van der Waals surface area contributed by atoms with Crippen molar-refractivity contribution in [2.45, 2.75) is 280 Å². The summed E-state index contributed by atoms with van der Waals surface area (Å²) in [6.07, 6.45) is 1.12. The van der Waals surface area contributed by atoms with Gasteiger partial charge in [-0.25, -0.2) is 4.79 Å². The van der Waals surface area contributed by atoms with Gasteiger partial charge in [0.15, 0.2) is 0 Å². The molecule has 13 amide bonds. The van der Waals surface area contributed by atoms with Gasteiger partial charge in [0, 0.05) is 26.4 Å². The fraction of sp³-hybridized carbons (Fsp3) is 0.711. The third kappa shape index (κ3) is 26.7. The molecule has 0 aliphatic carbocycles. The quantitative estimate of drug-likeness (QED) is 0.0354. The second-order valence-electron chi connectivity index (χ2n) is 30.4. The Balaban J connectivity index is 2.02. The Hall–Kier alpha value is -8.54. The molecule has 0 radical (unpaired) electrons. The van der Waals surface area contributed by atoms with Crippen LogP contribution in [0.1, 0.15) is 195 Å². The molecule has 106 heavy (non-hydrogen) atoms. The molecular weight excluding hydrogens is 1360 g/mol. The number of hydrogen-bond donors (Lipinski definition) is 13. The number of rotatable bonds is 33. The molecule has 2 aliphatic rings. The first-order valence-corrected chi connectivity index (χ1v) is 37.9. The molecular formula is C76H126N14O16. The van der Waals surface area contributed by atoms with Crippen molar-refractivity contribution in [3.05, 3.63) is 47.7 Å². The van der Waals surface area contributed by atoms with Crippen LogP contribution in [0.4, 0.5) is 0 Å². The second-order valence-corrected chi connectivity index (χ2v) is 30.4. The van der Waals surface area contributed by atoms with E-state index in [0.717, 1.165) is 6.42 Å². The fourth-order valence-electron chi connectivity index (χ4n) is 12.3. The molecule has 0 saturated carbocycles. The van der Waals surface area contributed by atoms with E-state index in [1.54, 1.807) is 127 Å². The van der Waals surface area contributed by atoms with E-state index in [1.807, 2.05) is 13.8 Å². The van der Waals surface area contributed by atoms with Gasteiger partial charge in [0.2, 0.25) is 70.9 Å². The SMILES string of the molecule is C/C=C1\NC(=O)[C@H](Cc2ccccc2)N(C)C(=O)[C@@H](C(C)C)NC(=O)[C@@H]([C@H](C)CC)NC(=O)[C@H](NC(=O)[C@H](NC(=O)[C@H](CCCN)NC(=O)[C@H]2CCCN2C(=O)[C@H](NC(=O)[C@@H](NC(=O)[C@@H](NC(=O)[C@H](NC(=O)CC[C@@H](C)CC)C(C)C)[C@@H](C)O)C(C)C)C(C)C)[C@H](C)CC)[C@H](C)OC(=O)[C@H](C(C)C)NC1=O. The zero-order valence-electron chi connectivity index (χ0n) is 66.2. The third-order valence-electron chi connectivity index (χ3n) is 20.1. The number of carbonyl (C=O) groups is 14. The Kier molecular flexibility index (Phi) is 38.0. The molecule has 14 N–H and O–H groups in total. The molecule has 30 heteroatoms. The first kappa shape index (κ1) is 91.7. The number of ether oxygens (including phenoxy) is 1. The highest BCUT2D eigenvalue weighted by molar-refractivity contribution is 6.03. The Morgan fingerprint density at radius 3 is 1.71 bits per heavy atom. The van der Waals surface area contributed by atoms with Crippen LogP contribution in [0.15, 0.2) is 42.1 Å². The summed E-state index contributed by atoms with van der Waals surface area (Å²) < 4.78 is 5.98. The lowest BCUT2D eigenvalue weighted by molar-refractivity contribution is -0.157. The van der Waals surface area contributed by atoms with Crippen LogP contribution in [0.25, 0.3) is 0 Å². The molecule has 0 unspecified atom stereocenters. The topological polar surface area (TPSA) is 433 Å². The maximum atomic E-state index is 15.1. The van der Waals surface area contributed by atoms with Crippen molar-refractivity contribution in [1.29, 1.82) is 0 Å². The average molecular weight is 1490 g/mol. The number of carbonyl (C=O) groups excluding carboxylic acids is 14. The highest BCUT2D eigenvalue weighted by Gasteiger charge is 2.45. The number of nitrogens with two attached hydrogens (primary N) is 1. The highest BCUT2D eigenvalue weighted by atomic mass is 16.5. The van der Waals surface area contributed by atoms with Crippen LogP contribution in [-0.2, 0) is 78.3 Å². The van der Waals surface area contributed by atoms with Crippen molar-refractivity contribution in [3.63, 3.8) is 0 Å². The summed E-state index contributed by atoms with van der Waals surface area (Å²) >= 11 is 0. The molecule has 0 bridgehead atoms. The Bertz CT molecular complexity index is 3200. The summed E-state index contributed by atoms with van der Waals surface area (Å²) in [5.41, 5.74) is 6.37. The zero-order valence-corrected chi connectivity index (χ0v) is 66.2. The van der Waals surface area contributed by atoms with Crippen molar-refractivity contribution in [2.24, 2.45) is 53.1 Å². The predicted octanol–water partition coefficient (Wildman–Crippen LogP) is 2.18. The molecule has 2 fully saturated rings. The first-order valence-electron chi connectivity index (χ1n) is 37.9. The molecule has 1 aromatic carbocycles. The predicted molar refractivity (Wildman–Crippen MR) is 400 cm³/mol. The summed E-state index contributed by atoms with van der Waals surface area (Å²) in [4.78, 5) is 204. The van der Waals surface area contributed by atoms with Gasteiger partial charge in [-0.1, -0.05) is 166 Å². The van der Waals surface area contributed by atoms with Crippen LogP contribution < -0.4 is 64.2 Å². The number of esters is 1. The average Bonchev–Trinajstić information content (AvgIpc) is 1.37. The molecule has 2 aliphatic heterocycles. The summed E-state index contributed by atoms with van der Waals surface area (Å²) in [5, 5.41) is 40.6. The second kappa shape index (κ2) is 43.9. The van der Waals surface area contributed by atoms with Gasteiger partial charge in [-0.2, -0.15) is 0 Å².